The maximum atomic E-state index is 12.7. The molecule has 4 N–H and O–H groups in total. The Hall–Kier alpha value is -3.39. The predicted molar refractivity (Wildman–Crippen MR) is 128 cm³/mol. The van der Waals surface area contributed by atoms with Gasteiger partial charge in [0.25, 0.3) is 11.5 Å². The summed E-state index contributed by atoms with van der Waals surface area (Å²) in [7, 11) is 0. The molecular weight excluding hydrogens is 404 g/mol. The lowest BCUT2D eigenvalue weighted by atomic mass is 9.87. The van der Waals surface area contributed by atoms with Crippen molar-refractivity contribution in [2.75, 3.05) is 38.2 Å². The zero-order chi connectivity index (χ0) is 22.7. The summed E-state index contributed by atoms with van der Waals surface area (Å²) in [6, 6.07) is 9.16. The Morgan fingerprint density at radius 3 is 2.53 bits per heavy atom. The predicted octanol–water partition coefficient (Wildman–Crippen LogP) is 2.13. The van der Waals surface area contributed by atoms with Gasteiger partial charge in [-0.15, -0.1) is 0 Å². The number of aromatic nitrogens is 1. The van der Waals surface area contributed by atoms with Gasteiger partial charge in [-0.25, -0.2) is 4.99 Å². The molecule has 0 saturated carbocycles. The van der Waals surface area contributed by atoms with Crippen molar-refractivity contribution in [1.82, 2.24) is 20.5 Å². The molecule has 2 aromatic rings. The van der Waals surface area contributed by atoms with E-state index in [1.807, 2.05) is 18.2 Å². The molecule has 0 unspecified atom stereocenters. The number of hydrogen-bond acceptors (Lipinski definition) is 6. The lowest BCUT2D eigenvalue weighted by Crippen LogP contribution is -2.47. The normalized spacial score (nSPS) is 16.7. The van der Waals surface area contributed by atoms with Crippen molar-refractivity contribution in [1.29, 1.82) is 0 Å². The number of hydrogen-bond donors (Lipinski definition) is 4. The molecule has 8 heteroatoms. The molecule has 1 aromatic heterocycles. The largest absolute Gasteiger partial charge is 0.366 e. The van der Waals surface area contributed by atoms with Gasteiger partial charge in [0.15, 0.2) is 0 Å². The molecule has 1 aromatic carbocycles. The van der Waals surface area contributed by atoms with Gasteiger partial charge >= 0.3 is 0 Å². The van der Waals surface area contributed by atoms with Crippen LogP contribution in [-0.2, 0) is 5.41 Å². The Morgan fingerprint density at radius 2 is 1.84 bits per heavy atom. The van der Waals surface area contributed by atoms with Crippen LogP contribution >= 0.6 is 0 Å². The molecule has 2 aliphatic rings. The van der Waals surface area contributed by atoms with E-state index in [1.165, 1.54) is 0 Å². The molecule has 1 saturated heterocycles. The molecule has 0 bridgehead atoms. The Bertz CT molecular complexity index is 1100. The number of nitrogens with zero attached hydrogens (tertiary/aromatic N) is 2. The Kier molecular flexibility index (Phi) is 6.14. The van der Waals surface area contributed by atoms with Gasteiger partial charge in [-0.2, -0.15) is 0 Å². The second-order valence-electron chi connectivity index (χ2n) is 9.06. The highest BCUT2D eigenvalue weighted by atomic mass is 16.2. The second kappa shape index (κ2) is 9.00. The molecule has 3 heterocycles. The summed E-state index contributed by atoms with van der Waals surface area (Å²) in [6.45, 7) is 10.5. The van der Waals surface area contributed by atoms with E-state index in [9.17, 15) is 9.59 Å². The Morgan fingerprint density at radius 1 is 1.12 bits per heavy atom. The number of aliphatic imine (C=N–C) groups is 1. The first kappa shape index (κ1) is 21.8. The smallest absolute Gasteiger partial charge is 0.271 e. The highest BCUT2D eigenvalue weighted by Gasteiger charge is 2.18. The zero-order valence-corrected chi connectivity index (χ0v) is 18.8. The number of amides is 1. The summed E-state index contributed by atoms with van der Waals surface area (Å²) in [5, 5.41) is 9.34. The molecular formula is C24H30N6O2. The SMILES string of the molecule is CC(C)(C)c1ccc(C(=O)Nc2cc(C3=CC(N4CCNCC4)=NCN3)c[nH]c2=O)cc1. The van der Waals surface area contributed by atoms with Crippen LogP contribution < -0.4 is 21.5 Å². The molecule has 0 spiro atoms. The number of aromatic amines is 1. The molecule has 1 amide bonds. The van der Waals surface area contributed by atoms with Gasteiger partial charge in [-0.05, 0) is 29.2 Å². The number of amidine groups is 1. The van der Waals surface area contributed by atoms with E-state index in [1.54, 1.807) is 24.4 Å². The van der Waals surface area contributed by atoms with E-state index in [4.69, 9.17) is 0 Å². The number of anilines is 1. The quantitative estimate of drug-likeness (QED) is 0.593. The van der Waals surface area contributed by atoms with E-state index in [0.29, 0.717) is 12.2 Å². The summed E-state index contributed by atoms with van der Waals surface area (Å²) in [6.07, 6.45) is 3.63. The first-order valence-corrected chi connectivity index (χ1v) is 10.9. The van der Waals surface area contributed by atoms with Crippen LogP contribution in [0, 0.1) is 0 Å². The van der Waals surface area contributed by atoms with Crippen molar-refractivity contribution in [2.24, 2.45) is 4.99 Å². The Labute approximate surface area is 187 Å². The molecule has 1 fully saturated rings. The van der Waals surface area contributed by atoms with Crippen LogP contribution in [0.5, 0.6) is 0 Å². The van der Waals surface area contributed by atoms with Crippen molar-refractivity contribution in [3.63, 3.8) is 0 Å². The number of carbonyl (C=O) groups excluding carboxylic acids is 1. The number of nitrogens with one attached hydrogen (secondary N) is 4. The molecule has 2 aliphatic heterocycles. The molecule has 32 heavy (non-hydrogen) atoms. The number of piperazine rings is 1. The lowest BCUT2D eigenvalue weighted by Gasteiger charge is -2.31. The van der Waals surface area contributed by atoms with Crippen molar-refractivity contribution < 1.29 is 4.79 Å². The summed E-state index contributed by atoms with van der Waals surface area (Å²) < 4.78 is 0. The van der Waals surface area contributed by atoms with Gasteiger partial charge in [-0.1, -0.05) is 32.9 Å². The van der Waals surface area contributed by atoms with Crippen LogP contribution in [0.4, 0.5) is 5.69 Å². The van der Waals surface area contributed by atoms with Crippen LogP contribution in [-0.4, -0.2) is 54.5 Å². The molecule has 168 valence electrons. The summed E-state index contributed by atoms with van der Waals surface area (Å²) >= 11 is 0. The fourth-order valence-electron chi connectivity index (χ4n) is 3.75. The minimum Gasteiger partial charge on any atom is -0.366 e. The van der Waals surface area contributed by atoms with Crippen LogP contribution in [0.1, 0.15) is 42.3 Å². The fraction of sp³-hybridized carbons (Fsp3) is 0.375. The van der Waals surface area contributed by atoms with Gasteiger partial charge in [0.2, 0.25) is 0 Å². The minimum atomic E-state index is -0.346. The van der Waals surface area contributed by atoms with Crippen molar-refractivity contribution in [3.8, 4) is 0 Å². The van der Waals surface area contributed by atoms with Crippen molar-refractivity contribution in [3.05, 3.63) is 69.6 Å². The van der Waals surface area contributed by atoms with Gasteiger partial charge in [0.05, 0.1) is 0 Å². The minimum absolute atomic E-state index is 0.00801. The van der Waals surface area contributed by atoms with Crippen LogP contribution in [0.2, 0.25) is 0 Å². The zero-order valence-electron chi connectivity index (χ0n) is 18.8. The number of carbonyl (C=O) groups is 1. The lowest BCUT2D eigenvalue weighted by molar-refractivity contribution is 0.102. The van der Waals surface area contributed by atoms with Gasteiger partial charge in [-0.3, -0.25) is 9.59 Å². The monoisotopic (exact) mass is 434 g/mol. The van der Waals surface area contributed by atoms with E-state index < -0.39 is 0 Å². The van der Waals surface area contributed by atoms with E-state index in [0.717, 1.165) is 48.8 Å². The third kappa shape index (κ3) is 4.91. The first-order valence-electron chi connectivity index (χ1n) is 10.9. The maximum absolute atomic E-state index is 12.7. The van der Waals surface area contributed by atoms with Gasteiger partial charge in [0.1, 0.15) is 18.2 Å². The Balaban J connectivity index is 1.53. The third-order valence-electron chi connectivity index (χ3n) is 5.70. The fourth-order valence-corrected chi connectivity index (χ4v) is 3.75. The van der Waals surface area contributed by atoms with Crippen molar-refractivity contribution >= 4 is 23.1 Å². The van der Waals surface area contributed by atoms with E-state index >= 15 is 0 Å². The number of pyridine rings is 1. The molecule has 0 atom stereocenters. The summed E-state index contributed by atoms with van der Waals surface area (Å²) in [5.41, 5.74) is 3.16. The maximum Gasteiger partial charge on any atom is 0.271 e. The van der Waals surface area contributed by atoms with Crippen LogP contribution in [0.15, 0.2) is 52.4 Å². The standard InChI is InChI=1S/C24H30N6O2/c1-24(2,3)18-6-4-16(5-7-18)22(31)29-20-12-17(14-26-23(20)32)19-13-21(28-15-27-19)30-10-8-25-9-11-30/h4-7,12-14,25,27H,8-11,15H2,1-3H3,(H,26,32)(H,29,31). The number of H-pyrrole nitrogens is 1. The van der Waals surface area contributed by atoms with Gasteiger partial charge in [0, 0.05) is 55.3 Å². The summed E-state index contributed by atoms with van der Waals surface area (Å²) in [4.78, 5) is 34.7. The topological polar surface area (TPSA) is 102 Å². The van der Waals surface area contributed by atoms with Crippen LogP contribution in [0.3, 0.4) is 0 Å². The van der Waals surface area contributed by atoms with Crippen LogP contribution in [0.25, 0.3) is 5.70 Å². The van der Waals surface area contributed by atoms with Gasteiger partial charge < -0.3 is 25.8 Å². The first-order chi connectivity index (χ1) is 15.3. The third-order valence-corrected chi connectivity index (χ3v) is 5.70. The molecule has 0 radical (unpaired) electrons. The molecule has 8 nitrogen and oxygen atoms in total. The number of benzene rings is 1. The summed E-state index contributed by atoms with van der Waals surface area (Å²) in [5.74, 6) is 0.609. The average Bonchev–Trinajstić information content (AvgIpc) is 2.80. The number of rotatable bonds is 3. The van der Waals surface area contributed by atoms with E-state index in [-0.39, 0.29) is 22.6 Å². The molecule has 4 rings (SSSR count). The van der Waals surface area contributed by atoms with E-state index in [2.05, 4.69) is 51.6 Å². The highest BCUT2D eigenvalue weighted by molar-refractivity contribution is 6.04. The van der Waals surface area contributed by atoms with Crippen molar-refractivity contribution in [2.45, 2.75) is 26.2 Å². The average molecular weight is 435 g/mol. The highest BCUT2D eigenvalue weighted by Crippen LogP contribution is 2.22. The molecule has 0 aliphatic carbocycles. The second-order valence-corrected chi connectivity index (χ2v) is 9.06.